The number of anilines is 1. The molecule has 5 aromatic rings. The molecule has 4 N–H and O–H groups in total. The number of hydrogen-bond donors (Lipinski definition) is 4. The Kier molecular flexibility index (Phi) is 5.41. The maximum atomic E-state index is 14.5. The van der Waals surface area contributed by atoms with E-state index in [-0.39, 0.29) is 16.7 Å². The Bertz CT molecular complexity index is 1730. The number of fused-ring (bicyclic) bond motifs is 2. The van der Waals surface area contributed by atoms with Crippen molar-refractivity contribution in [2.45, 2.75) is 19.8 Å². The van der Waals surface area contributed by atoms with E-state index in [0.717, 1.165) is 23.0 Å². The summed E-state index contributed by atoms with van der Waals surface area (Å²) in [6.45, 7) is 3.89. The number of hydrogen-bond acceptors (Lipinski definition) is 5. The Morgan fingerprint density at radius 2 is 1.97 bits per heavy atom. The zero-order valence-corrected chi connectivity index (χ0v) is 20.6. The molecule has 180 valence electrons. The van der Waals surface area contributed by atoms with Crippen molar-refractivity contribution in [1.82, 2.24) is 15.0 Å². The highest BCUT2D eigenvalue weighted by Crippen LogP contribution is 2.45. The molecule has 0 aliphatic heterocycles. The van der Waals surface area contributed by atoms with Gasteiger partial charge in [-0.1, -0.05) is 37.3 Å². The van der Waals surface area contributed by atoms with Crippen molar-refractivity contribution in [3.05, 3.63) is 59.7 Å². The molecular weight excluding hydrogens is 491 g/mol. The van der Waals surface area contributed by atoms with Crippen LogP contribution in [-0.4, -0.2) is 40.7 Å². The monoisotopic (exact) mass is 512 g/mol. The fraction of sp³-hybridized carbons (Fsp3) is 0.167. The summed E-state index contributed by atoms with van der Waals surface area (Å²) in [7, 11) is -3.54. The molecule has 3 heterocycles. The zero-order chi connectivity index (χ0) is 25.1. The van der Waals surface area contributed by atoms with Gasteiger partial charge in [0.15, 0.2) is 5.13 Å². The normalized spacial score (nSPS) is 12.1. The molecule has 0 fully saturated rings. The molecule has 5 rings (SSSR count). The number of nitrogens with zero attached hydrogens (tertiary/aromatic N) is 1. The van der Waals surface area contributed by atoms with E-state index in [9.17, 15) is 22.7 Å². The highest BCUT2D eigenvalue weighted by Gasteiger charge is 2.28. The average molecular weight is 513 g/mol. The number of carboxylic acids is 1. The molecule has 0 saturated carbocycles. The van der Waals surface area contributed by atoms with Crippen LogP contribution >= 0.6 is 11.3 Å². The predicted molar refractivity (Wildman–Crippen MR) is 136 cm³/mol. The van der Waals surface area contributed by atoms with Crippen molar-refractivity contribution in [1.29, 1.82) is 0 Å². The topological polar surface area (TPSA) is 128 Å². The number of halogens is 1. The van der Waals surface area contributed by atoms with Gasteiger partial charge in [0.1, 0.15) is 11.5 Å². The number of benzene rings is 2. The maximum Gasteiger partial charge on any atom is 0.352 e. The standard InChI is InChI=1S/C24H21FN4O4S2/c1-11(2)18-19(14-5-4-6-16-22(14)34-24(27-16)29-35(3,32)33)21(23(30)31)28-20(18)15-9-12(25)10-17-13(15)7-8-26-17/h4-11,26,28H,1-3H3,(H,27,29)(H,30,31). The Balaban J connectivity index is 1.84. The van der Waals surface area contributed by atoms with Crippen molar-refractivity contribution in [3.8, 4) is 22.4 Å². The number of thiazole rings is 1. The first kappa shape index (κ1) is 23.1. The number of aromatic nitrogens is 3. The summed E-state index contributed by atoms with van der Waals surface area (Å²) in [4.78, 5) is 22.8. The molecule has 8 nitrogen and oxygen atoms in total. The number of carbonyl (C=O) groups is 1. The zero-order valence-electron chi connectivity index (χ0n) is 18.9. The number of nitrogens with one attached hydrogen (secondary N) is 3. The molecule has 0 aliphatic rings. The van der Waals surface area contributed by atoms with Gasteiger partial charge in [-0.3, -0.25) is 4.72 Å². The fourth-order valence-electron chi connectivity index (χ4n) is 4.43. The first-order valence-electron chi connectivity index (χ1n) is 10.7. The number of H-pyrrole nitrogens is 2. The minimum absolute atomic E-state index is 0.0323. The summed E-state index contributed by atoms with van der Waals surface area (Å²) in [5.74, 6) is -1.73. The van der Waals surface area contributed by atoms with Gasteiger partial charge in [0.2, 0.25) is 10.0 Å². The van der Waals surface area contributed by atoms with Gasteiger partial charge >= 0.3 is 5.97 Å². The van der Waals surface area contributed by atoms with Crippen molar-refractivity contribution < 1.29 is 22.7 Å². The highest BCUT2D eigenvalue weighted by atomic mass is 32.2. The van der Waals surface area contributed by atoms with Crippen LogP contribution in [0.4, 0.5) is 9.52 Å². The minimum atomic E-state index is -3.54. The first-order valence-corrected chi connectivity index (χ1v) is 13.4. The van der Waals surface area contributed by atoms with Crippen LogP contribution in [0, 0.1) is 5.82 Å². The number of aromatic carboxylic acids is 1. The third-order valence-corrected chi connectivity index (χ3v) is 7.40. The van der Waals surface area contributed by atoms with Crippen molar-refractivity contribution >= 4 is 53.6 Å². The fourth-order valence-corrected chi connectivity index (χ4v) is 6.25. The lowest BCUT2D eigenvalue weighted by atomic mass is 9.90. The Labute approximate surface area is 203 Å². The number of aromatic amines is 2. The third kappa shape index (κ3) is 4.06. The van der Waals surface area contributed by atoms with E-state index >= 15 is 0 Å². The van der Waals surface area contributed by atoms with Crippen LogP contribution in [0.15, 0.2) is 42.6 Å². The van der Waals surface area contributed by atoms with Gasteiger partial charge in [-0.25, -0.2) is 22.6 Å². The van der Waals surface area contributed by atoms with E-state index in [1.807, 2.05) is 19.9 Å². The summed E-state index contributed by atoms with van der Waals surface area (Å²) < 4.78 is 41.0. The molecule has 35 heavy (non-hydrogen) atoms. The lowest BCUT2D eigenvalue weighted by Gasteiger charge is -2.13. The van der Waals surface area contributed by atoms with E-state index in [4.69, 9.17) is 0 Å². The Morgan fingerprint density at radius 1 is 1.20 bits per heavy atom. The van der Waals surface area contributed by atoms with E-state index in [2.05, 4.69) is 19.7 Å². The number of rotatable bonds is 6. The summed E-state index contributed by atoms with van der Waals surface area (Å²) in [5, 5.41) is 11.1. The van der Waals surface area contributed by atoms with Crippen LogP contribution < -0.4 is 4.72 Å². The van der Waals surface area contributed by atoms with E-state index in [1.54, 1.807) is 24.4 Å². The summed E-state index contributed by atoms with van der Waals surface area (Å²) >= 11 is 1.12. The van der Waals surface area contributed by atoms with E-state index < -0.39 is 21.8 Å². The second-order valence-electron chi connectivity index (χ2n) is 8.56. The van der Waals surface area contributed by atoms with Gasteiger partial charge < -0.3 is 15.1 Å². The molecule has 0 radical (unpaired) electrons. The average Bonchev–Trinajstić information content (AvgIpc) is 3.47. The molecule has 2 aromatic carbocycles. The van der Waals surface area contributed by atoms with Crippen molar-refractivity contribution in [2.75, 3.05) is 11.0 Å². The molecule has 0 spiro atoms. The Hall–Kier alpha value is -3.70. The molecular formula is C24H21FN4O4S2. The maximum absolute atomic E-state index is 14.5. The minimum Gasteiger partial charge on any atom is -0.477 e. The van der Waals surface area contributed by atoms with Crippen molar-refractivity contribution in [3.63, 3.8) is 0 Å². The molecule has 11 heteroatoms. The highest BCUT2D eigenvalue weighted by molar-refractivity contribution is 7.92. The van der Waals surface area contributed by atoms with Crippen LogP contribution in [0.5, 0.6) is 0 Å². The lowest BCUT2D eigenvalue weighted by molar-refractivity contribution is 0.0692. The van der Waals surface area contributed by atoms with Crippen LogP contribution in [-0.2, 0) is 10.0 Å². The van der Waals surface area contributed by atoms with Crippen LogP contribution in [0.25, 0.3) is 43.5 Å². The SMILES string of the molecule is CC(C)c1c(-c2cc(F)cc3[nH]ccc23)[nH]c(C(=O)O)c1-c1cccc2nc(NS(C)(=O)=O)sc12. The molecule has 0 amide bonds. The molecule has 0 aliphatic carbocycles. The predicted octanol–water partition coefficient (Wildman–Crippen LogP) is 5.77. The first-order chi connectivity index (χ1) is 16.5. The third-order valence-electron chi connectivity index (χ3n) is 5.69. The molecule has 0 unspecified atom stereocenters. The van der Waals surface area contributed by atoms with Gasteiger partial charge in [0, 0.05) is 33.8 Å². The van der Waals surface area contributed by atoms with E-state index in [0.29, 0.717) is 43.7 Å². The van der Waals surface area contributed by atoms with Gasteiger partial charge in [0.05, 0.1) is 22.2 Å². The summed E-state index contributed by atoms with van der Waals surface area (Å²) in [6.07, 6.45) is 2.75. The van der Waals surface area contributed by atoms with Gasteiger partial charge in [0.25, 0.3) is 0 Å². The van der Waals surface area contributed by atoms with Gasteiger partial charge in [-0.05, 0) is 35.7 Å². The van der Waals surface area contributed by atoms with Crippen LogP contribution in [0.1, 0.15) is 35.8 Å². The number of sulfonamides is 1. The lowest BCUT2D eigenvalue weighted by Crippen LogP contribution is -2.08. The van der Waals surface area contributed by atoms with Gasteiger partial charge in [-0.2, -0.15) is 0 Å². The summed E-state index contributed by atoms with van der Waals surface area (Å²) in [6, 6.07) is 9.88. The second-order valence-corrected chi connectivity index (χ2v) is 11.3. The van der Waals surface area contributed by atoms with Gasteiger partial charge in [-0.15, -0.1) is 0 Å². The Morgan fingerprint density at radius 3 is 2.66 bits per heavy atom. The van der Waals surface area contributed by atoms with E-state index in [1.165, 1.54) is 12.1 Å². The largest absolute Gasteiger partial charge is 0.477 e. The molecule has 0 saturated heterocycles. The van der Waals surface area contributed by atoms with Crippen LogP contribution in [0.3, 0.4) is 0 Å². The van der Waals surface area contributed by atoms with Crippen LogP contribution in [0.2, 0.25) is 0 Å². The smallest absolute Gasteiger partial charge is 0.352 e. The molecule has 3 aromatic heterocycles. The molecule has 0 atom stereocenters. The molecule has 0 bridgehead atoms. The number of carboxylic acid groups (broad SMARTS) is 1. The summed E-state index contributed by atoms with van der Waals surface area (Å²) in [5.41, 5.74) is 3.96. The quantitative estimate of drug-likeness (QED) is 0.230. The van der Waals surface area contributed by atoms with Crippen molar-refractivity contribution in [2.24, 2.45) is 0 Å². The second kappa shape index (κ2) is 8.21.